The fraction of sp³-hybridized carbons (Fsp3) is 0.259. The smallest absolute Gasteiger partial charge is 0.405 e. The molecule has 6 rings (SSSR count). The van der Waals surface area contributed by atoms with Crippen molar-refractivity contribution in [1.29, 1.82) is 0 Å². The van der Waals surface area contributed by atoms with Crippen molar-refractivity contribution in [3.63, 3.8) is 0 Å². The van der Waals surface area contributed by atoms with E-state index >= 15 is 0 Å². The maximum Gasteiger partial charge on any atom is 0.405 e. The Bertz CT molecular complexity index is 1620. The van der Waals surface area contributed by atoms with Crippen molar-refractivity contribution in [1.82, 2.24) is 34.7 Å². The number of anilines is 2. The highest BCUT2D eigenvalue weighted by molar-refractivity contribution is 5.91. The number of hydrogen-bond donors (Lipinski definition) is 2. The quantitative estimate of drug-likeness (QED) is 0.283. The number of nitrogens with two attached hydrogens (primary N) is 1. The Balaban J connectivity index is 1.39. The second-order valence-electron chi connectivity index (χ2n) is 9.50. The number of hydrogen-bond acceptors (Lipinski definition) is 9. The van der Waals surface area contributed by atoms with Crippen LogP contribution in [0.1, 0.15) is 30.4 Å². The van der Waals surface area contributed by atoms with Gasteiger partial charge in [0.05, 0.1) is 11.4 Å². The van der Waals surface area contributed by atoms with Gasteiger partial charge >= 0.3 is 6.18 Å². The third-order valence-electron chi connectivity index (χ3n) is 6.59. The Morgan fingerprint density at radius 2 is 1.85 bits per heavy atom. The molecule has 10 nitrogen and oxygen atoms in total. The van der Waals surface area contributed by atoms with Gasteiger partial charge in [0.2, 0.25) is 11.8 Å². The molecule has 4 aromatic heterocycles. The second kappa shape index (κ2) is 10.4. The molecule has 5 aromatic rings. The van der Waals surface area contributed by atoms with Gasteiger partial charge in [0, 0.05) is 17.8 Å². The van der Waals surface area contributed by atoms with Gasteiger partial charge < -0.3 is 15.8 Å². The van der Waals surface area contributed by atoms with E-state index in [0.29, 0.717) is 34.6 Å². The Kier molecular flexibility index (Phi) is 6.62. The number of nitrogen functional groups attached to an aromatic ring is 1. The van der Waals surface area contributed by atoms with Crippen molar-refractivity contribution < 1.29 is 17.9 Å². The molecule has 0 saturated heterocycles. The molecule has 0 bridgehead atoms. The summed E-state index contributed by atoms with van der Waals surface area (Å²) in [6.45, 7) is -1.29. The summed E-state index contributed by atoms with van der Waals surface area (Å²) in [5.41, 5.74) is 10.1. The summed E-state index contributed by atoms with van der Waals surface area (Å²) in [6.07, 6.45) is 3.99. The molecule has 0 amide bonds. The van der Waals surface area contributed by atoms with Crippen LogP contribution >= 0.6 is 0 Å². The number of nitrogens with one attached hydrogen (secondary N) is 1. The third kappa shape index (κ3) is 5.63. The molecule has 3 N–H and O–H groups in total. The number of halogens is 3. The minimum absolute atomic E-state index is 0.0950. The number of fused-ring (bicyclic) bond motifs is 1. The summed E-state index contributed by atoms with van der Waals surface area (Å²) in [4.78, 5) is 21.4. The van der Waals surface area contributed by atoms with Gasteiger partial charge in [0.15, 0.2) is 5.82 Å². The van der Waals surface area contributed by atoms with Crippen molar-refractivity contribution in [2.45, 2.75) is 38.0 Å². The van der Waals surface area contributed by atoms with Gasteiger partial charge in [-0.1, -0.05) is 12.1 Å². The molecule has 1 fully saturated rings. The Morgan fingerprint density at radius 1 is 1.02 bits per heavy atom. The SMILES string of the molecule is Nc1nc(NCC(F)(F)F)c2nc(-c3ccc(OC4CCC4)nc3)cc(Cc3ccc(-n4cncn4)cc3)c2n1. The molecule has 4 heterocycles. The van der Waals surface area contributed by atoms with Crippen LogP contribution < -0.4 is 15.8 Å². The molecule has 1 saturated carbocycles. The monoisotopic (exact) mass is 547 g/mol. The molecular weight excluding hydrogens is 523 g/mol. The maximum atomic E-state index is 13.1. The van der Waals surface area contributed by atoms with E-state index in [-0.39, 0.29) is 23.4 Å². The average molecular weight is 548 g/mol. The summed E-state index contributed by atoms with van der Waals surface area (Å²) in [6, 6.07) is 13.1. The first kappa shape index (κ1) is 25.5. The first-order chi connectivity index (χ1) is 19.3. The van der Waals surface area contributed by atoms with Crippen molar-refractivity contribution in [3.05, 3.63) is 72.4 Å². The topological polar surface area (TPSA) is 130 Å². The second-order valence-corrected chi connectivity index (χ2v) is 9.50. The summed E-state index contributed by atoms with van der Waals surface area (Å²) in [7, 11) is 0. The van der Waals surface area contributed by atoms with E-state index in [0.717, 1.165) is 30.5 Å². The Labute approximate surface area is 226 Å². The van der Waals surface area contributed by atoms with Gasteiger partial charge in [0.1, 0.15) is 36.3 Å². The lowest BCUT2D eigenvalue weighted by Gasteiger charge is -2.25. The number of ether oxygens (including phenoxy) is 1. The van der Waals surface area contributed by atoms with Crippen molar-refractivity contribution in [2.24, 2.45) is 0 Å². The molecule has 13 heteroatoms. The fourth-order valence-electron chi connectivity index (χ4n) is 4.37. The van der Waals surface area contributed by atoms with E-state index in [2.05, 4.69) is 35.3 Å². The molecule has 1 aliphatic rings. The highest BCUT2D eigenvalue weighted by atomic mass is 19.4. The first-order valence-electron chi connectivity index (χ1n) is 12.7. The van der Waals surface area contributed by atoms with Crippen LogP contribution in [0.25, 0.3) is 28.0 Å². The molecule has 0 aliphatic heterocycles. The van der Waals surface area contributed by atoms with E-state index in [1.165, 1.54) is 6.33 Å². The lowest BCUT2D eigenvalue weighted by Crippen LogP contribution is -2.24. The third-order valence-corrected chi connectivity index (χ3v) is 6.59. The molecule has 1 aromatic carbocycles. The van der Waals surface area contributed by atoms with Gasteiger partial charge in [-0.25, -0.2) is 24.6 Å². The minimum atomic E-state index is -4.46. The number of benzene rings is 1. The number of nitrogens with zero attached hydrogens (tertiary/aromatic N) is 7. The van der Waals surface area contributed by atoms with E-state index in [1.807, 2.05) is 36.4 Å². The normalized spacial score (nSPS) is 13.8. The predicted octanol–water partition coefficient (Wildman–Crippen LogP) is 4.75. The van der Waals surface area contributed by atoms with E-state index in [9.17, 15) is 13.2 Å². The summed E-state index contributed by atoms with van der Waals surface area (Å²) >= 11 is 0. The molecule has 0 unspecified atom stereocenters. The van der Waals surface area contributed by atoms with Crippen molar-refractivity contribution in [3.8, 4) is 22.8 Å². The zero-order valence-corrected chi connectivity index (χ0v) is 21.1. The number of alkyl halides is 3. The van der Waals surface area contributed by atoms with Crippen LogP contribution in [0, 0.1) is 0 Å². The van der Waals surface area contributed by atoms with Crippen LogP contribution in [-0.2, 0) is 6.42 Å². The highest BCUT2D eigenvalue weighted by Gasteiger charge is 2.28. The van der Waals surface area contributed by atoms with Crippen LogP contribution in [0.3, 0.4) is 0 Å². The van der Waals surface area contributed by atoms with E-state index in [1.54, 1.807) is 23.3 Å². The number of rotatable bonds is 8. The van der Waals surface area contributed by atoms with E-state index in [4.69, 9.17) is 10.5 Å². The number of pyridine rings is 2. The average Bonchev–Trinajstić information content (AvgIpc) is 3.45. The summed E-state index contributed by atoms with van der Waals surface area (Å²) < 4.78 is 46.7. The number of aromatic nitrogens is 7. The lowest BCUT2D eigenvalue weighted by molar-refractivity contribution is -0.115. The lowest BCUT2D eigenvalue weighted by atomic mass is 9.96. The largest absolute Gasteiger partial charge is 0.474 e. The molecule has 0 spiro atoms. The maximum absolute atomic E-state index is 13.1. The van der Waals surface area contributed by atoms with E-state index < -0.39 is 12.7 Å². The predicted molar refractivity (Wildman–Crippen MR) is 142 cm³/mol. The zero-order valence-electron chi connectivity index (χ0n) is 21.1. The van der Waals surface area contributed by atoms with Crippen LogP contribution in [-0.4, -0.2) is 53.5 Å². The fourth-order valence-corrected chi connectivity index (χ4v) is 4.37. The molecule has 40 heavy (non-hydrogen) atoms. The summed E-state index contributed by atoms with van der Waals surface area (Å²) in [5.74, 6) is 0.265. The Morgan fingerprint density at radius 3 is 2.50 bits per heavy atom. The van der Waals surface area contributed by atoms with Gasteiger partial charge in [0.25, 0.3) is 0 Å². The standard InChI is InChI=1S/C27H24F3N9O/c28-27(29,30)13-34-25-24-23(37-26(31)38-25)18(10-16-4-7-19(8-5-16)39-15-32-14-35-39)11-21(36-24)17-6-9-22(33-12-17)40-20-2-1-3-20/h4-9,11-12,14-15,20H,1-3,10,13H2,(H3,31,34,37,38). The molecule has 1 aliphatic carbocycles. The van der Waals surface area contributed by atoms with Crippen molar-refractivity contribution in [2.75, 3.05) is 17.6 Å². The van der Waals surface area contributed by atoms with Crippen LogP contribution in [0.15, 0.2) is 61.3 Å². The highest BCUT2D eigenvalue weighted by Crippen LogP contribution is 2.31. The van der Waals surface area contributed by atoms with Gasteiger partial charge in [-0.3, -0.25) is 0 Å². The minimum Gasteiger partial charge on any atom is -0.474 e. The summed E-state index contributed by atoms with van der Waals surface area (Å²) in [5, 5.41) is 6.47. The molecular formula is C27H24F3N9O. The van der Waals surface area contributed by atoms with Gasteiger partial charge in [-0.05, 0) is 61.1 Å². The van der Waals surface area contributed by atoms with Gasteiger partial charge in [-0.2, -0.15) is 23.3 Å². The first-order valence-corrected chi connectivity index (χ1v) is 12.7. The van der Waals surface area contributed by atoms with Crippen LogP contribution in [0.4, 0.5) is 24.9 Å². The van der Waals surface area contributed by atoms with Crippen LogP contribution in [0.2, 0.25) is 0 Å². The molecule has 204 valence electrons. The van der Waals surface area contributed by atoms with Gasteiger partial charge in [-0.15, -0.1) is 0 Å². The van der Waals surface area contributed by atoms with Crippen LogP contribution in [0.5, 0.6) is 5.88 Å². The molecule has 0 atom stereocenters. The Hall–Kier alpha value is -4.81. The van der Waals surface area contributed by atoms with Crippen molar-refractivity contribution >= 4 is 22.8 Å². The molecule has 0 radical (unpaired) electrons. The zero-order chi connectivity index (χ0) is 27.7.